The van der Waals surface area contributed by atoms with Crippen LogP contribution in [-0.2, 0) is 21.4 Å². The Labute approximate surface area is 174 Å². The number of hydrogen-bond acceptors (Lipinski definition) is 6. The first-order valence-corrected chi connectivity index (χ1v) is 11.0. The van der Waals surface area contributed by atoms with Gasteiger partial charge in [-0.3, -0.25) is 19.8 Å². The number of benzene rings is 2. The van der Waals surface area contributed by atoms with E-state index in [2.05, 4.69) is 4.90 Å². The van der Waals surface area contributed by atoms with Crippen LogP contribution in [0.15, 0.2) is 59.5 Å². The summed E-state index contributed by atoms with van der Waals surface area (Å²) in [7, 11) is -4.36. The van der Waals surface area contributed by atoms with Gasteiger partial charge in [-0.15, -0.1) is 0 Å². The number of carbonyl (C=O) groups is 1. The molecule has 1 N–H and O–H groups in total. The average Bonchev–Trinajstić information content (AvgIpc) is 2.73. The first-order chi connectivity index (χ1) is 14.3. The number of piperidine rings is 1. The van der Waals surface area contributed by atoms with E-state index < -0.39 is 44.1 Å². The molecular weight excluding hydrogens is 410 g/mol. The van der Waals surface area contributed by atoms with Crippen LogP contribution in [0.2, 0.25) is 0 Å². The molecule has 0 unspecified atom stereocenters. The fourth-order valence-corrected chi connectivity index (χ4v) is 5.50. The van der Waals surface area contributed by atoms with Crippen LogP contribution in [0.3, 0.4) is 0 Å². The Morgan fingerprint density at radius 1 is 1.10 bits per heavy atom. The summed E-state index contributed by atoms with van der Waals surface area (Å²) in [4.78, 5) is 23.6. The second kappa shape index (κ2) is 9.33. The molecule has 1 saturated heterocycles. The largest absolute Gasteiger partial charge is 0.480 e. The van der Waals surface area contributed by atoms with Gasteiger partial charge in [0.25, 0.3) is 15.7 Å². The molecule has 1 fully saturated rings. The number of likely N-dealkylation sites (tertiary alicyclic amines) is 1. The number of nitro benzene ring substituents is 1. The molecule has 0 spiro atoms. The van der Waals surface area contributed by atoms with Gasteiger partial charge >= 0.3 is 5.97 Å². The highest BCUT2D eigenvalue weighted by molar-refractivity contribution is 7.89. The Balaban J connectivity index is 1.80. The van der Waals surface area contributed by atoms with Gasteiger partial charge in [0.05, 0.1) is 4.92 Å². The molecule has 2 aromatic rings. The molecule has 0 radical (unpaired) electrons. The Kier molecular flexibility index (Phi) is 6.80. The van der Waals surface area contributed by atoms with Crippen LogP contribution in [0, 0.1) is 10.1 Å². The SMILES string of the molecule is O=C(O)CN(C1CCN(Cc2ccccc2)CC1)S(=O)(=O)c1ccccc1[N+](=O)[O-]. The topological polar surface area (TPSA) is 121 Å². The third-order valence-corrected chi connectivity index (χ3v) is 7.10. The van der Waals surface area contributed by atoms with Gasteiger partial charge in [-0.2, -0.15) is 4.31 Å². The van der Waals surface area contributed by atoms with Crippen LogP contribution < -0.4 is 0 Å². The summed E-state index contributed by atoms with van der Waals surface area (Å²) in [6.45, 7) is 1.19. The van der Waals surface area contributed by atoms with E-state index in [1.54, 1.807) is 0 Å². The van der Waals surface area contributed by atoms with E-state index >= 15 is 0 Å². The molecule has 3 rings (SSSR count). The zero-order valence-corrected chi connectivity index (χ0v) is 17.1. The quantitative estimate of drug-likeness (QED) is 0.501. The molecule has 0 aromatic heterocycles. The van der Waals surface area contributed by atoms with Crippen LogP contribution in [-0.4, -0.2) is 59.3 Å². The molecule has 0 atom stereocenters. The van der Waals surface area contributed by atoms with Crippen molar-refractivity contribution in [2.45, 2.75) is 30.3 Å². The Morgan fingerprint density at radius 3 is 2.30 bits per heavy atom. The van der Waals surface area contributed by atoms with Crippen molar-refractivity contribution >= 4 is 21.7 Å². The molecule has 9 nitrogen and oxygen atoms in total. The van der Waals surface area contributed by atoms with Gasteiger partial charge in [-0.25, -0.2) is 8.42 Å². The predicted molar refractivity (Wildman–Crippen MR) is 109 cm³/mol. The molecule has 2 aromatic carbocycles. The van der Waals surface area contributed by atoms with Crippen molar-refractivity contribution in [3.63, 3.8) is 0 Å². The van der Waals surface area contributed by atoms with Gasteiger partial charge in [0, 0.05) is 31.7 Å². The lowest BCUT2D eigenvalue weighted by molar-refractivity contribution is -0.387. The van der Waals surface area contributed by atoms with Gasteiger partial charge in [0.1, 0.15) is 6.54 Å². The summed E-state index contributed by atoms with van der Waals surface area (Å²) in [5.74, 6) is -1.30. The average molecular weight is 433 g/mol. The monoisotopic (exact) mass is 433 g/mol. The minimum Gasteiger partial charge on any atom is -0.480 e. The molecule has 1 aliphatic heterocycles. The second-order valence-corrected chi connectivity index (χ2v) is 9.02. The van der Waals surface area contributed by atoms with Gasteiger partial charge in [0.15, 0.2) is 4.90 Å². The van der Waals surface area contributed by atoms with Crippen molar-refractivity contribution in [2.24, 2.45) is 0 Å². The summed E-state index contributed by atoms with van der Waals surface area (Å²) >= 11 is 0. The van der Waals surface area contributed by atoms with Gasteiger partial charge in [-0.1, -0.05) is 42.5 Å². The van der Waals surface area contributed by atoms with Gasteiger partial charge in [-0.05, 0) is 24.5 Å². The third-order valence-electron chi connectivity index (χ3n) is 5.15. The van der Waals surface area contributed by atoms with Crippen LogP contribution in [0.5, 0.6) is 0 Å². The minimum atomic E-state index is -4.36. The number of aliphatic carboxylic acids is 1. The first kappa shape index (κ1) is 21.9. The third kappa shape index (κ3) is 5.02. The molecule has 0 saturated carbocycles. The molecule has 0 bridgehead atoms. The van der Waals surface area contributed by atoms with E-state index in [1.165, 1.54) is 12.1 Å². The molecule has 160 valence electrons. The number of nitrogens with zero attached hydrogens (tertiary/aromatic N) is 3. The lowest BCUT2D eigenvalue weighted by Crippen LogP contribution is -2.49. The minimum absolute atomic E-state index is 0.444. The predicted octanol–water partition coefficient (Wildman–Crippen LogP) is 2.33. The maximum atomic E-state index is 13.2. The Bertz CT molecular complexity index is 1000. The molecule has 1 aliphatic rings. The zero-order valence-electron chi connectivity index (χ0n) is 16.3. The number of nitro groups is 1. The fraction of sp³-hybridized carbons (Fsp3) is 0.350. The van der Waals surface area contributed by atoms with Crippen molar-refractivity contribution in [1.82, 2.24) is 9.21 Å². The number of para-hydroxylation sites is 1. The number of sulfonamides is 1. The van der Waals surface area contributed by atoms with Crippen LogP contribution in [0.4, 0.5) is 5.69 Å². The summed E-state index contributed by atoms with van der Waals surface area (Å²) in [6.07, 6.45) is 0.889. The van der Waals surface area contributed by atoms with Crippen molar-refractivity contribution < 1.29 is 23.2 Å². The number of hydrogen-bond donors (Lipinski definition) is 1. The van der Waals surface area contributed by atoms with Crippen LogP contribution in [0.25, 0.3) is 0 Å². The normalized spacial score (nSPS) is 15.9. The molecule has 10 heteroatoms. The summed E-state index contributed by atoms with van der Waals surface area (Å²) < 4.78 is 27.3. The van der Waals surface area contributed by atoms with E-state index in [0.717, 1.165) is 28.5 Å². The second-order valence-electron chi connectivity index (χ2n) is 7.16. The van der Waals surface area contributed by atoms with E-state index in [1.807, 2.05) is 30.3 Å². The van der Waals surface area contributed by atoms with Crippen LogP contribution >= 0.6 is 0 Å². The molecule has 0 amide bonds. The van der Waals surface area contributed by atoms with E-state index in [-0.39, 0.29) is 0 Å². The van der Waals surface area contributed by atoms with Crippen LogP contribution in [0.1, 0.15) is 18.4 Å². The number of carboxylic acids is 1. The van der Waals surface area contributed by atoms with Gasteiger partial charge in [0.2, 0.25) is 0 Å². The lowest BCUT2D eigenvalue weighted by atomic mass is 10.0. The zero-order chi connectivity index (χ0) is 21.7. The standard InChI is InChI=1S/C20H23N3O6S/c24-20(25)15-22(30(28,29)19-9-5-4-8-18(19)23(26)27)17-10-12-21(13-11-17)14-16-6-2-1-3-7-16/h1-9,17H,10-15H2,(H,24,25). The fourth-order valence-electron chi connectivity index (χ4n) is 3.70. The Hall–Kier alpha value is -2.82. The summed E-state index contributed by atoms with van der Waals surface area (Å²) in [5, 5.41) is 20.6. The highest BCUT2D eigenvalue weighted by Crippen LogP contribution is 2.30. The van der Waals surface area contributed by atoms with E-state index in [9.17, 15) is 28.4 Å². The Morgan fingerprint density at radius 2 is 1.70 bits per heavy atom. The van der Waals surface area contributed by atoms with Crippen molar-refractivity contribution in [1.29, 1.82) is 0 Å². The maximum Gasteiger partial charge on any atom is 0.318 e. The van der Waals surface area contributed by atoms with Crippen molar-refractivity contribution in [3.05, 3.63) is 70.3 Å². The molecule has 30 heavy (non-hydrogen) atoms. The molecular formula is C20H23N3O6S. The smallest absolute Gasteiger partial charge is 0.318 e. The van der Waals surface area contributed by atoms with Crippen molar-refractivity contribution in [3.8, 4) is 0 Å². The van der Waals surface area contributed by atoms with E-state index in [4.69, 9.17) is 0 Å². The molecule has 1 heterocycles. The molecule has 0 aliphatic carbocycles. The van der Waals surface area contributed by atoms with Crippen molar-refractivity contribution in [2.75, 3.05) is 19.6 Å². The lowest BCUT2D eigenvalue weighted by Gasteiger charge is -2.37. The number of rotatable bonds is 8. The maximum absolute atomic E-state index is 13.2. The van der Waals surface area contributed by atoms with Gasteiger partial charge < -0.3 is 5.11 Å². The summed E-state index contributed by atoms with van der Waals surface area (Å²) in [6, 6.07) is 14.4. The van der Waals surface area contributed by atoms with E-state index in [0.29, 0.717) is 25.9 Å². The first-order valence-electron chi connectivity index (χ1n) is 9.52. The summed E-state index contributed by atoms with van der Waals surface area (Å²) in [5.41, 5.74) is 0.584. The number of carboxylic acid groups (broad SMARTS) is 1. The highest BCUT2D eigenvalue weighted by atomic mass is 32.2. The highest BCUT2D eigenvalue weighted by Gasteiger charge is 2.38.